The minimum atomic E-state index is -0.197. The van der Waals surface area contributed by atoms with Gasteiger partial charge in [0.2, 0.25) is 17.6 Å². The first-order valence-corrected chi connectivity index (χ1v) is 10.6. The molecule has 2 aromatic heterocycles. The molecule has 0 N–H and O–H groups in total. The van der Waals surface area contributed by atoms with E-state index in [1.807, 2.05) is 60.7 Å². The third-order valence-electron chi connectivity index (χ3n) is 6.32. The van der Waals surface area contributed by atoms with Crippen molar-refractivity contribution in [1.82, 2.24) is 24.8 Å². The number of ether oxygens (including phenoxy) is 1. The summed E-state index contributed by atoms with van der Waals surface area (Å²) in [4.78, 5) is 19.3. The monoisotopic (exact) mass is 421 g/mol. The molecule has 1 amide bonds. The molecular weight excluding hydrogens is 394 g/mol. The Kier molecular flexibility index (Phi) is 4.42. The first-order valence-electron chi connectivity index (χ1n) is 10.6. The van der Waals surface area contributed by atoms with Crippen LogP contribution < -0.4 is 4.74 Å². The smallest absolute Gasteiger partial charge is 0.253 e. The van der Waals surface area contributed by atoms with E-state index in [0.717, 1.165) is 37.4 Å². The van der Waals surface area contributed by atoms with E-state index >= 15 is 0 Å². The number of rotatable bonds is 4. The normalized spacial score (nSPS) is 18.0. The summed E-state index contributed by atoms with van der Waals surface area (Å²) >= 11 is 0. The van der Waals surface area contributed by atoms with Crippen LogP contribution in [0.25, 0.3) is 11.4 Å². The van der Waals surface area contributed by atoms with Gasteiger partial charge in [0.05, 0.1) is 19.3 Å². The van der Waals surface area contributed by atoms with Gasteiger partial charge in [0.25, 0.3) is 5.91 Å². The Hall–Kier alpha value is -3.16. The summed E-state index contributed by atoms with van der Waals surface area (Å²) in [6.45, 7) is 7.69. The van der Waals surface area contributed by atoms with Gasteiger partial charge in [-0.1, -0.05) is 38.1 Å². The average molecular weight is 422 g/mol. The van der Waals surface area contributed by atoms with E-state index < -0.39 is 0 Å². The molecule has 8 nitrogen and oxygen atoms in total. The van der Waals surface area contributed by atoms with E-state index in [1.165, 1.54) is 0 Å². The lowest BCUT2D eigenvalue weighted by atomic mass is 9.60. The van der Waals surface area contributed by atoms with Gasteiger partial charge in [0.1, 0.15) is 0 Å². The van der Waals surface area contributed by atoms with E-state index in [0.29, 0.717) is 23.3 Å². The number of aromatic nitrogens is 4. The van der Waals surface area contributed by atoms with Gasteiger partial charge in [0.15, 0.2) is 0 Å². The minimum Gasteiger partial charge on any atom is -0.481 e. The Labute approximate surface area is 181 Å². The summed E-state index contributed by atoms with van der Waals surface area (Å²) in [6, 6.07) is 9.67. The molecule has 3 heterocycles. The van der Waals surface area contributed by atoms with Crippen molar-refractivity contribution in [1.29, 1.82) is 0 Å². The Morgan fingerprint density at radius 1 is 1.16 bits per heavy atom. The fourth-order valence-electron chi connectivity index (χ4n) is 4.61. The van der Waals surface area contributed by atoms with Crippen molar-refractivity contribution in [3.05, 3.63) is 48.0 Å². The highest BCUT2D eigenvalue weighted by molar-refractivity contribution is 5.95. The second kappa shape index (κ2) is 6.93. The van der Waals surface area contributed by atoms with Crippen LogP contribution in [-0.2, 0) is 5.41 Å². The predicted octanol–water partition coefficient (Wildman–Crippen LogP) is 3.72. The Morgan fingerprint density at radius 3 is 2.48 bits per heavy atom. The molecule has 1 spiro atoms. The van der Waals surface area contributed by atoms with Crippen molar-refractivity contribution in [3.8, 4) is 17.3 Å². The molecule has 1 aromatic carbocycles. The Balaban J connectivity index is 1.19. The van der Waals surface area contributed by atoms with E-state index in [4.69, 9.17) is 9.26 Å². The van der Waals surface area contributed by atoms with Crippen LogP contribution in [0.15, 0.2) is 41.1 Å². The lowest BCUT2D eigenvalue weighted by molar-refractivity contribution is -0.0751. The number of likely N-dealkylation sites (tertiary alicyclic amines) is 1. The van der Waals surface area contributed by atoms with Crippen LogP contribution >= 0.6 is 0 Å². The highest BCUT2D eigenvalue weighted by Crippen LogP contribution is 2.54. The van der Waals surface area contributed by atoms with Crippen molar-refractivity contribution < 1.29 is 14.1 Å². The fraction of sp³-hybridized carbons (Fsp3) is 0.478. The highest BCUT2D eigenvalue weighted by atomic mass is 16.5. The van der Waals surface area contributed by atoms with Gasteiger partial charge in [0, 0.05) is 41.1 Å². The van der Waals surface area contributed by atoms with Crippen molar-refractivity contribution in [2.24, 2.45) is 5.41 Å². The molecule has 2 aliphatic rings. The quantitative estimate of drug-likeness (QED) is 0.638. The largest absolute Gasteiger partial charge is 0.481 e. The maximum atomic E-state index is 12.9. The molecule has 1 saturated heterocycles. The molecule has 0 bridgehead atoms. The molecule has 0 atom stereocenters. The van der Waals surface area contributed by atoms with Crippen molar-refractivity contribution in [2.45, 2.75) is 45.1 Å². The zero-order chi connectivity index (χ0) is 21.8. The standard InChI is InChI=1S/C23H27N5O3/c1-22(2,3)21-25-19(26-31-21)15-5-7-16(8-6-15)20(29)27-13-23(14-27)11-17(12-23)28-18(30-4)9-10-24-28/h5-10,17H,11-14H2,1-4H3. The second-order valence-electron chi connectivity index (χ2n) is 9.79. The van der Waals surface area contributed by atoms with Crippen LogP contribution in [0.4, 0.5) is 0 Å². The zero-order valence-electron chi connectivity index (χ0n) is 18.3. The average Bonchev–Trinajstić information content (AvgIpc) is 3.35. The number of amides is 1. The van der Waals surface area contributed by atoms with Crippen LogP contribution in [0.2, 0.25) is 0 Å². The third-order valence-corrected chi connectivity index (χ3v) is 6.32. The number of nitrogens with zero attached hydrogens (tertiary/aromatic N) is 5. The van der Waals surface area contributed by atoms with Gasteiger partial charge in [-0.15, -0.1) is 0 Å². The number of hydrogen-bond donors (Lipinski definition) is 0. The summed E-state index contributed by atoms with van der Waals surface area (Å²) in [5.41, 5.74) is 1.55. The lowest BCUT2D eigenvalue weighted by Gasteiger charge is -2.58. The maximum Gasteiger partial charge on any atom is 0.253 e. The van der Waals surface area contributed by atoms with E-state index in [-0.39, 0.29) is 16.7 Å². The van der Waals surface area contributed by atoms with Crippen LogP contribution in [0, 0.1) is 5.41 Å². The van der Waals surface area contributed by atoms with E-state index in [2.05, 4.69) is 15.2 Å². The van der Waals surface area contributed by atoms with Crippen LogP contribution in [0.3, 0.4) is 0 Å². The number of carbonyl (C=O) groups excluding carboxylic acids is 1. The minimum absolute atomic E-state index is 0.0702. The number of hydrogen-bond acceptors (Lipinski definition) is 6. The maximum absolute atomic E-state index is 12.9. The second-order valence-corrected chi connectivity index (χ2v) is 9.79. The first kappa shape index (κ1) is 19.8. The summed E-state index contributed by atoms with van der Waals surface area (Å²) in [6.07, 6.45) is 3.83. The molecule has 31 heavy (non-hydrogen) atoms. The first-order chi connectivity index (χ1) is 14.8. The topological polar surface area (TPSA) is 86.3 Å². The highest BCUT2D eigenvalue weighted by Gasteiger charge is 2.54. The Morgan fingerprint density at radius 2 is 1.87 bits per heavy atom. The number of benzene rings is 1. The SMILES string of the molecule is COc1ccnn1C1CC2(C1)CN(C(=O)c1ccc(-c3noc(C(C)(C)C)n3)cc1)C2. The van der Waals surface area contributed by atoms with E-state index in [1.54, 1.807) is 13.3 Å². The van der Waals surface area contributed by atoms with Crippen molar-refractivity contribution in [2.75, 3.05) is 20.2 Å². The molecule has 2 fully saturated rings. The van der Waals surface area contributed by atoms with Gasteiger partial charge >= 0.3 is 0 Å². The molecule has 1 aliphatic heterocycles. The molecule has 0 unspecified atom stereocenters. The van der Waals surface area contributed by atoms with Gasteiger partial charge in [-0.2, -0.15) is 10.1 Å². The van der Waals surface area contributed by atoms with Gasteiger partial charge in [-0.25, -0.2) is 4.68 Å². The molecule has 0 radical (unpaired) electrons. The summed E-state index contributed by atoms with van der Waals surface area (Å²) in [5, 5.41) is 8.45. The Bertz CT molecular complexity index is 1090. The van der Waals surface area contributed by atoms with Crippen LogP contribution in [-0.4, -0.2) is 50.9 Å². The van der Waals surface area contributed by atoms with E-state index in [9.17, 15) is 4.79 Å². The van der Waals surface area contributed by atoms with Gasteiger partial charge < -0.3 is 14.2 Å². The van der Waals surface area contributed by atoms with Crippen molar-refractivity contribution in [3.63, 3.8) is 0 Å². The molecule has 162 valence electrons. The summed E-state index contributed by atoms with van der Waals surface area (Å²) in [7, 11) is 1.67. The molecular formula is C23H27N5O3. The van der Waals surface area contributed by atoms with Crippen LogP contribution in [0.5, 0.6) is 5.88 Å². The third kappa shape index (κ3) is 3.40. The summed E-state index contributed by atoms with van der Waals surface area (Å²) < 4.78 is 12.7. The molecule has 1 aliphatic carbocycles. The van der Waals surface area contributed by atoms with Crippen LogP contribution in [0.1, 0.15) is 55.9 Å². The molecule has 5 rings (SSSR count). The molecule has 3 aromatic rings. The predicted molar refractivity (Wildman–Crippen MR) is 114 cm³/mol. The number of carbonyl (C=O) groups is 1. The van der Waals surface area contributed by atoms with Gasteiger partial charge in [-0.05, 0) is 25.0 Å². The molecule has 8 heteroatoms. The van der Waals surface area contributed by atoms with Gasteiger partial charge in [-0.3, -0.25) is 4.79 Å². The summed E-state index contributed by atoms with van der Waals surface area (Å²) in [5.74, 6) is 2.01. The molecule has 1 saturated carbocycles. The van der Waals surface area contributed by atoms with Crippen molar-refractivity contribution >= 4 is 5.91 Å². The number of methoxy groups -OCH3 is 1. The fourth-order valence-corrected chi connectivity index (χ4v) is 4.61. The lowest BCUT2D eigenvalue weighted by Crippen LogP contribution is -2.63. The zero-order valence-corrected chi connectivity index (χ0v) is 18.3.